The van der Waals surface area contributed by atoms with Crippen LogP contribution in [0.4, 0.5) is 5.69 Å². The van der Waals surface area contributed by atoms with Gasteiger partial charge in [0.2, 0.25) is 0 Å². The zero-order valence-electron chi connectivity index (χ0n) is 11.2. The van der Waals surface area contributed by atoms with E-state index < -0.39 is 0 Å². The van der Waals surface area contributed by atoms with E-state index >= 15 is 0 Å². The minimum Gasteiger partial charge on any atom is -0.368 e. The molecule has 4 nitrogen and oxygen atoms in total. The maximum absolute atomic E-state index is 8.82. The third-order valence-corrected chi connectivity index (χ3v) is 4.01. The quantitative estimate of drug-likeness (QED) is 0.874. The monoisotopic (exact) mass is 256 g/mol. The van der Waals surface area contributed by atoms with E-state index in [4.69, 9.17) is 5.26 Å². The molecule has 100 valence electrons. The second-order valence-corrected chi connectivity index (χ2v) is 5.66. The molecular formula is C15H20N4. The number of hydrogen-bond acceptors (Lipinski definition) is 4. The minimum atomic E-state index is 0.495. The summed E-state index contributed by atoms with van der Waals surface area (Å²) < 4.78 is 0. The van der Waals surface area contributed by atoms with Gasteiger partial charge in [-0.3, -0.25) is 0 Å². The molecule has 3 rings (SSSR count). The van der Waals surface area contributed by atoms with Gasteiger partial charge < -0.3 is 10.2 Å². The number of nitrogens with one attached hydrogen (secondary N) is 1. The molecule has 1 aliphatic carbocycles. The van der Waals surface area contributed by atoms with Crippen LogP contribution in [-0.2, 0) is 0 Å². The van der Waals surface area contributed by atoms with Crippen molar-refractivity contribution in [1.82, 2.24) is 10.3 Å². The van der Waals surface area contributed by atoms with Crippen LogP contribution >= 0.6 is 0 Å². The predicted octanol–water partition coefficient (Wildman–Crippen LogP) is 1.92. The van der Waals surface area contributed by atoms with E-state index in [1.807, 2.05) is 18.3 Å². The molecule has 4 heteroatoms. The fraction of sp³-hybridized carbons (Fsp3) is 0.600. The summed E-state index contributed by atoms with van der Waals surface area (Å²) >= 11 is 0. The third-order valence-electron chi connectivity index (χ3n) is 4.01. The van der Waals surface area contributed by atoms with Crippen LogP contribution in [0.25, 0.3) is 0 Å². The van der Waals surface area contributed by atoms with E-state index in [0.717, 1.165) is 31.2 Å². The average Bonchev–Trinajstić information content (AvgIpc) is 3.12. The van der Waals surface area contributed by atoms with Gasteiger partial charge >= 0.3 is 0 Å². The van der Waals surface area contributed by atoms with Gasteiger partial charge in [-0.2, -0.15) is 5.26 Å². The number of aromatic nitrogens is 1. The van der Waals surface area contributed by atoms with E-state index in [1.54, 1.807) is 0 Å². The highest BCUT2D eigenvalue weighted by Crippen LogP contribution is 2.31. The van der Waals surface area contributed by atoms with E-state index in [-0.39, 0.29) is 0 Å². The molecule has 19 heavy (non-hydrogen) atoms. The van der Waals surface area contributed by atoms with Crippen molar-refractivity contribution in [1.29, 1.82) is 5.26 Å². The molecule has 0 radical (unpaired) electrons. The van der Waals surface area contributed by atoms with Gasteiger partial charge in [0.25, 0.3) is 0 Å². The molecule has 1 aromatic rings. The second-order valence-electron chi connectivity index (χ2n) is 5.66. The second kappa shape index (κ2) is 5.58. The molecule has 1 N–H and O–H groups in total. The lowest BCUT2D eigenvalue weighted by molar-refractivity contribution is 0.570. The first-order chi connectivity index (χ1) is 9.35. The standard InChI is InChI=1S/C15H20N4/c16-8-13-5-6-15(9-18-13)19(10-12-3-4-12)11-14-2-1-7-17-14/h5-6,9,12,14,17H,1-4,7,10-11H2. The van der Waals surface area contributed by atoms with Crippen LogP contribution in [0.3, 0.4) is 0 Å². The Morgan fingerprint density at radius 2 is 2.21 bits per heavy atom. The highest BCUT2D eigenvalue weighted by atomic mass is 15.2. The summed E-state index contributed by atoms with van der Waals surface area (Å²) in [5, 5.41) is 12.4. The zero-order chi connectivity index (χ0) is 13.1. The van der Waals surface area contributed by atoms with Crippen molar-refractivity contribution in [3.8, 4) is 6.07 Å². The molecule has 0 amide bonds. The fourth-order valence-electron chi connectivity index (χ4n) is 2.72. The summed E-state index contributed by atoms with van der Waals surface area (Å²) in [6.45, 7) is 3.34. The maximum Gasteiger partial charge on any atom is 0.140 e. The van der Waals surface area contributed by atoms with Crippen LogP contribution in [0.2, 0.25) is 0 Å². The van der Waals surface area contributed by atoms with Crippen LogP contribution in [0.1, 0.15) is 31.4 Å². The predicted molar refractivity (Wildman–Crippen MR) is 74.9 cm³/mol. The Morgan fingerprint density at radius 3 is 2.79 bits per heavy atom. The molecular weight excluding hydrogens is 236 g/mol. The molecule has 1 saturated carbocycles. The topological polar surface area (TPSA) is 52.0 Å². The maximum atomic E-state index is 8.82. The molecule has 2 aliphatic rings. The van der Waals surface area contributed by atoms with E-state index in [1.165, 1.54) is 25.7 Å². The van der Waals surface area contributed by atoms with Crippen LogP contribution in [0, 0.1) is 17.2 Å². The minimum absolute atomic E-state index is 0.495. The number of nitrogens with zero attached hydrogens (tertiary/aromatic N) is 3. The van der Waals surface area contributed by atoms with Crippen LogP contribution in [0.15, 0.2) is 18.3 Å². The number of pyridine rings is 1. The van der Waals surface area contributed by atoms with Gasteiger partial charge in [0.15, 0.2) is 0 Å². The van der Waals surface area contributed by atoms with E-state index in [0.29, 0.717) is 11.7 Å². The number of anilines is 1. The third kappa shape index (κ3) is 3.24. The molecule has 0 spiro atoms. The Bertz CT molecular complexity index is 452. The molecule has 1 aliphatic heterocycles. The highest BCUT2D eigenvalue weighted by Gasteiger charge is 2.26. The Kier molecular flexibility index (Phi) is 3.65. The van der Waals surface area contributed by atoms with Crippen molar-refractivity contribution in [2.75, 3.05) is 24.5 Å². The van der Waals surface area contributed by atoms with Crippen LogP contribution in [0.5, 0.6) is 0 Å². The van der Waals surface area contributed by atoms with Crippen molar-refractivity contribution < 1.29 is 0 Å². The lowest BCUT2D eigenvalue weighted by Gasteiger charge is -2.27. The van der Waals surface area contributed by atoms with Crippen molar-refractivity contribution >= 4 is 5.69 Å². The molecule has 1 atom stereocenters. The lowest BCUT2D eigenvalue weighted by Crippen LogP contribution is -2.38. The fourth-order valence-corrected chi connectivity index (χ4v) is 2.72. The summed E-state index contributed by atoms with van der Waals surface area (Å²) in [6, 6.07) is 6.53. The van der Waals surface area contributed by atoms with Crippen LogP contribution < -0.4 is 10.2 Å². The Labute approximate surface area is 114 Å². The zero-order valence-corrected chi connectivity index (χ0v) is 11.2. The number of hydrogen-bond donors (Lipinski definition) is 1. The van der Waals surface area contributed by atoms with Crippen molar-refractivity contribution in [3.05, 3.63) is 24.0 Å². The van der Waals surface area contributed by atoms with E-state index in [2.05, 4.69) is 21.3 Å². The molecule has 1 saturated heterocycles. The number of nitriles is 1. The normalized spacial score (nSPS) is 22.2. The Balaban J connectivity index is 1.70. The highest BCUT2D eigenvalue weighted by molar-refractivity contribution is 5.46. The summed E-state index contributed by atoms with van der Waals surface area (Å²) in [6.07, 6.45) is 7.12. The van der Waals surface area contributed by atoms with Gasteiger partial charge in [-0.25, -0.2) is 4.98 Å². The van der Waals surface area contributed by atoms with Gasteiger partial charge in [-0.05, 0) is 50.3 Å². The van der Waals surface area contributed by atoms with Crippen molar-refractivity contribution in [2.24, 2.45) is 5.92 Å². The molecule has 0 bridgehead atoms. The summed E-state index contributed by atoms with van der Waals surface area (Å²) in [4.78, 5) is 6.64. The van der Waals surface area contributed by atoms with Gasteiger partial charge in [-0.1, -0.05) is 0 Å². The molecule has 0 aromatic carbocycles. The SMILES string of the molecule is N#Cc1ccc(N(CC2CC2)CC2CCCN2)cn1. The molecule has 2 fully saturated rings. The number of rotatable bonds is 5. The molecule has 1 unspecified atom stereocenters. The van der Waals surface area contributed by atoms with Crippen molar-refractivity contribution in [3.63, 3.8) is 0 Å². The van der Waals surface area contributed by atoms with Gasteiger partial charge in [0.1, 0.15) is 11.8 Å². The Morgan fingerprint density at radius 1 is 1.32 bits per heavy atom. The molecule has 2 heterocycles. The van der Waals surface area contributed by atoms with Gasteiger partial charge in [0.05, 0.1) is 11.9 Å². The summed E-state index contributed by atoms with van der Waals surface area (Å²) in [7, 11) is 0. The first kappa shape index (κ1) is 12.4. The van der Waals surface area contributed by atoms with Gasteiger partial charge in [0, 0.05) is 19.1 Å². The van der Waals surface area contributed by atoms with Crippen molar-refractivity contribution in [2.45, 2.75) is 31.7 Å². The first-order valence-corrected chi connectivity index (χ1v) is 7.19. The summed E-state index contributed by atoms with van der Waals surface area (Å²) in [5.41, 5.74) is 1.65. The van der Waals surface area contributed by atoms with Crippen LogP contribution in [-0.4, -0.2) is 30.7 Å². The smallest absolute Gasteiger partial charge is 0.140 e. The molecule has 1 aromatic heterocycles. The largest absolute Gasteiger partial charge is 0.368 e. The first-order valence-electron chi connectivity index (χ1n) is 7.19. The average molecular weight is 256 g/mol. The van der Waals surface area contributed by atoms with E-state index in [9.17, 15) is 0 Å². The lowest BCUT2D eigenvalue weighted by atomic mass is 10.2. The Hall–Kier alpha value is -1.60. The summed E-state index contributed by atoms with van der Waals surface area (Å²) in [5.74, 6) is 0.858. The van der Waals surface area contributed by atoms with Gasteiger partial charge in [-0.15, -0.1) is 0 Å².